The highest BCUT2D eigenvalue weighted by molar-refractivity contribution is 5.07. The first-order valence-electron chi connectivity index (χ1n) is 2.40. The molecule has 2 N–H and O–H groups in total. The van der Waals surface area contributed by atoms with E-state index in [1.54, 1.807) is 0 Å². The van der Waals surface area contributed by atoms with Gasteiger partial charge in [-0.3, -0.25) is 5.10 Å². The van der Waals surface area contributed by atoms with Crippen molar-refractivity contribution in [1.82, 2.24) is 15.2 Å². The summed E-state index contributed by atoms with van der Waals surface area (Å²) in [6, 6.07) is 0. The fourth-order valence-corrected chi connectivity index (χ4v) is 0.290. The third-order valence-corrected chi connectivity index (χ3v) is 0.542. The molecular weight excluding hydrogens is 170 g/mol. The van der Waals surface area contributed by atoms with Crippen LogP contribution in [0.3, 0.4) is 0 Å². The van der Waals surface area contributed by atoms with Crippen molar-refractivity contribution in [3.05, 3.63) is 26.9 Å². The molecular formula is C2H3N7O3. The van der Waals surface area contributed by atoms with E-state index in [2.05, 4.69) is 25.2 Å². The number of nitrogens with zero attached hydrogens (tertiary/aromatic N) is 6. The zero-order valence-electron chi connectivity index (χ0n) is 5.52. The van der Waals surface area contributed by atoms with E-state index < -0.39 is 5.09 Å². The van der Waals surface area contributed by atoms with Crippen molar-refractivity contribution in [1.29, 1.82) is 0 Å². The van der Waals surface area contributed by atoms with Crippen LogP contribution in [0.25, 0.3) is 10.4 Å². The predicted molar refractivity (Wildman–Crippen MR) is 34.0 cm³/mol. The van der Waals surface area contributed by atoms with Crippen LogP contribution in [-0.2, 0) is 0 Å². The Hall–Kier alpha value is -2.35. The summed E-state index contributed by atoms with van der Waals surface area (Å²) in [7, 11) is 0. The van der Waals surface area contributed by atoms with Gasteiger partial charge in [-0.2, -0.15) is 5.10 Å². The first-order valence-corrected chi connectivity index (χ1v) is 2.40. The maximum absolute atomic E-state index is 8.36. The standard InChI is InChI=1S/C2H2N6.HNO3/c3-8-7-2-4-1-5-6-2;2-1(3)4/h1H,(H,4,5,6);(H,2,3,4). The van der Waals surface area contributed by atoms with Crippen LogP contribution in [0.5, 0.6) is 0 Å². The predicted octanol–water partition coefficient (Wildman–Crippen LogP) is 0.399. The van der Waals surface area contributed by atoms with Gasteiger partial charge in [-0.1, -0.05) is 0 Å². The Balaban J connectivity index is 0.000000261. The molecule has 10 nitrogen and oxygen atoms in total. The maximum Gasteiger partial charge on any atom is 0.291 e. The van der Waals surface area contributed by atoms with Gasteiger partial charge in [0.05, 0.1) is 0 Å². The highest BCUT2D eigenvalue weighted by Gasteiger charge is 1.83. The van der Waals surface area contributed by atoms with Gasteiger partial charge < -0.3 is 5.21 Å². The smallest absolute Gasteiger partial charge is 0.291 e. The Bertz CT molecular complexity index is 269. The summed E-state index contributed by atoms with van der Waals surface area (Å²) < 4.78 is 0. The lowest BCUT2D eigenvalue weighted by molar-refractivity contribution is -0.742. The molecule has 0 aliphatic heterocycles. The van der Waals surface area contributed by atoms with Crippen LogP contribution >= 0.6 is 0 Å². The fraction of sp³-hybridized carbons (Fsp3) is 0. The molecule has 0 amide bonds. The van der Waals surface area contributed by atoms with E-state index in [1.165, 1.54) is 6.33 Å². The Labute approximate surface area is 64.6 Å². The van der Waals surface area contributed by atoms with Crippen LogP contribution in [-0.4, -0.2) is 25.5 Å². The molecule has 0 fully saturated rings. The number of azide groups is 1. The second-order valence-corrected chi connectivity index (χ2v) is 1.24. The summed E-state index contributed by atoms with van der Waals surface area (Å²) in [5, 5.41) is 22.6. The zero-order chi connectivity index (χ0) is 9.40. The van der Waals surface area contributed by atoms with E-state index in [9.17, 15) is 0 Å². The molecule has 1 aromatic heterocycles. The number of aromatic nitrogens is 3. The van der Waals surface area contributed by atoms with Crippen molar-refractivity contribution in [3.63, 3.8) is 0 Å². The molecule has 1 rings (SSSR count). The van der Waals surface area contributed by atoms with Crippen LogP contribution in [0, 0.1) is 10.1 Å². The van der Waals surface area contributed by atoms with Crippen molar-refractivity contribution in [2.45, 2.75) is 0 Å². The molecule has 10 heteroatoms. The SMILES string of the molecule is O=[N+]([O-])O.[N-]=[N+]=Nc1ncn[nH]1. The minimum atomic E-state index is -1.50. The van der Waals surface area contributed by atoms with Crippen molar-refractivity contribution in [2.75, 3.05) is 0 Å². The zero-order valence-corrected chi connectivity index (χ0v) is 5.52. The van der Waals surface area contributed by atoms with E-state index in [-0.39, 0.29) is 5.95 Å². The molecule has 1 heterocycles. The first kappa shape index (κ1) is 9.65. The molecule has 0 radical (unpaired) electrons. The Morgan fingerprint density at radius 3 is 2.83 bits per heavy atom. The Kier molecular flexibility index (Phi) is 4.37. The van der Waals surface area contributed by atoms with Gasteiger partial charge in [-0.15, -0.1) is 10.1 Å². The van der Waals surface area contributed by atoms with Gasteiger partial charge in [0.2, 0.25) is 5.95 Å². The first-order chi connectivity index (χ1) is 5.66. The topological polar surface area (TPSA) is 154 Å². The number of H-pyrrole nitrogens is 1. The molecule has 0 aliphatic carbocycles. The van der Waals surface area contributed by atoms with Gasteiger partial charge >= 0.3 is 0 Å². The number of rotatable bonds is 1. The number of aromatic amines is 1. The monoisotopic (exact) mass is 173 g/mol. The van der Waals surface area contributed by atoms with Gasteiger partial charge in [-0.05, 0) is 10.6 Å². The van der Waals surface area contributed by atoms with Crippen LogP contribution in [0.15, 0.2) is 11.4 Å². The quantitative estimate of drug-likeness (QED) is 0.207. The molecule has 0 aromatic carbocycles. The number of nitrogens with one attached hydrogen (secondary N) is 1. The summed E-state index contributed by atoms with van der Waals surface area (Å²) in [4.78, 5) is 14.3. The normalized spacial score (nSPS) is 7.33. The Morgan fingerprint density at radius 1 is 1.92 bits per heavy atom. The lowest BCUT2D eigenvalue weighted by Gasteiger charge is -1.69. The van der Waals surface area contributed by atoms with Crippen LogP contribution in [0.4, 0.5) is 5.95 Å². The highest BCUT2D eigenvalue weighted by atomic mass is 16.9. The van der Waals surface area contributed by atoms with Gasteiger partial charge in [0.1, 0.15) is 6.33 Å². The van der Waals surface area contributed by atoms with E-state index >= 15 is 0 Å². The van der Waals surface area contributed by atoms with E-state index in [4.69, 9.17) is 20.9 Å². The molecule has 0 saturated carbocycles. The van der Waals surface area contributed by atoms with Gasteiger partial charge in [0, 0.05) is 4.91 Å². The third kappa shape index (κ3) is 5.78. The van der Waals surface area contributed by atoms with Gasteiger partial charge in [0.25, 0.3) is 5.09 Å². The lowest BCUT2D eigenvalue weighted by Crippen LogP contribution is -1.81. The maximum atomic E-state index is 8.36. The highest BCUT2D eigenvalue weighted by Crippen LogP contribution is 1.96. The van der Waals surface area contributed by atoms with E-state index in [0.29, 0.717) is 0 Å². The van der Waals surface area contributed by atoms with Crippen LogP contribution in [0.1, 0.15) is 0 Å². The number of hydrogen-bond donors (Lipinski definition) is 2. The van der Waals surface area contributed by atoms with Gasteiger partial charge in [0.15, 0.2) is 0 Å². The largest absolute Gasteiger partial charge is 0.328 e. The molecule has 0 aliphatic rings. The fourth-order valence-electron chi connectivity index (χ4n) is 0.290. The van der Waals surface area contributed by atoms with Crippen molar-refractivity contribution in [3.8, 4) is 0 Å². The van der Waals surface area contributed by atoms with Crippen molar-refractivity contribution >= 4 is 5.95 Å². The molecule has 0 saturated heterocycles. The second kappa shape index (κ2) is 5.44. The molecule has 64 valence electrons. The van der Waals surface area contributed by atoms with Crippen LogP contribution < -0.4 is 0 Å². The van der Waals surface area contributed by atoms with Crippen molar-refractivity contribution in [2.24, 2.45) is 5.11 Å². The summed E-state index contributed by atoms with van der Waals surface area (Å²) in [5.74, 6) is 0.188. The average molecular weight is 173 g/mol. The Morgan fingerprint density at radius 2 is 2.50 bits per heavy atom. The minimum absolute atomic E-state index is 0.188. The summed E-state index contributed by atoms with van der Waals surface area (Å²) in [5.41, 5.74) is 7.81. The summed E-state index contributed by atoms with van der Waals surface area (Å²) >= 11 is 0. The molecule has 0 atom stereocenters. The molecule has 0 spiro atoms. The van der Waals surface area contributed by atoms with E-state index in [0.717, 1.165) is 0 Å². The third-order valence-electron chi connectivity index (χ3n) is 0.542. The summed E-state index contributed by atoms with van der Waals surface area (Å²) in [6.45, 7) is 0. The van der Waals surface area contributed by atoms with Gasteiger partial charge in [-0.25, -0.2) is 4.98 Å². The molecule has 0 unspecified atom stereocenters. The lowest BCUT2D eigenvalue weighted by atomic mass is 11.1. The second-order valence-electron chi connectivity index (χ2n) is 1.24. The molecule has 1 aromatic rings. The minimum Gasteiger partial charge on any atom is -0.328 e. The molecule has 12 heavy (non-hydrogen) atoms. The van der Waals surface area contributed by atoms with Crippen molar-refractivity contribution < 1.29 is 10.3 Å². The van der Waals surface area contributed by atoms with E-state index in [1.807, 2.05) is 0 Å². The number of hydrogen-bond acceptors (Lipinski definition) is 5. The molecule has 0 bridgehead atoms. The average Bonchev–Trinajstić information content (AvgIpc) is 2.39. The van der Waals surface area contributed by atoms with Crippen LogP contribution in [0.2, 0.25) is 0 Å². The summed E-state index contributed by atoms with van der Waals surface area (Å²) in [6.07, 6.45) is 1.27.